The third-order valence-electron chi connectivity index (χ3n) is 3.80. The third-order valence-corrected chi connectivity index (χ3v) is 4.70. The molecule has 1 unspecified atom stereocenters. The van der Waals surface area contributed by atoms with Gasteiger partial charge < -0.3 is 4.90 Å². The van der Waals surface area contributed by atoms with E-state index in [0.717, 1.165) is 6.54 Å². The minimum Gasteiger partial charge on any atom is -0.368 e. The van der Waals surface area contributed by atoms with Gasteiger partial charge in [0.2, 0.25) is 0 Å². The van der Waals surface area contributed by atoms with E-state index >= 15 is 0 Å². The number of rotatable bonds is 1. The van der Waals surface area contributed by atoms with Crippen molar-refractivity contribution in [3.8, 4) is 0 Å². The molecule has 0 radical (unpaired) electrons. The summed E-state index contributed by atoms with van der Waals surface area (Å²) in [6.07, 6.45) is 0. The van der Waals surface area contributed by atoms with Gasteiger partial charge in [-0.3, -0.25) is 0 Å². The fraction of sp³-hybridized carbons (Fsp3) is 0.538. The van der Waals surface area contributed by atoms with Crippen molar-refractivity contribution in [2.75, 3.05) is 11.4 Å². The Morgan fingerprint density at radius 2 is 2.07 bits per heavy atom. The van der Waals surface area contributed by atoms with E-state index in [1.165, 1.54) is 14.8 Å². The molecule has 1 atom stereocenters. The zero-order valence-corrected chi connectivity index (χ0v) is 12.0. The number of nitrogens with zero attached hydrogens (tertiary/aromatic N) is 1. The molecule has 0 aliphatic carbocycles. The van der Waals surface area contributed by atoms with E-state index in [9.17, 15) is 0 Å². The van der Waals surface area contributed by atoms with E-state index in [2.05, 4.69) is 73.4 Å². The van der Waals surface area contributed by atoms with Gasteiger partial charge in [-0.15, -0.1) is 0 Å². The highest BCUT2D eigenvalue weighted by Gasteiger charge is 2.42. The van der Waals surface area contributed by atoms with Crippen LogP contribution in [-0.4, -0.2) is 12.6 Å². The first-order valence-corrected chi connectivity index (χ1v) is 6.63. The number of anilines is 1. The lowest BCUT2D eigenvalue weighted by atomic mass is 9.81. The van der Waals surface area contributed by atoms with Crippen LogP contribution in [0.2, 0.25) is 0 Å². The number of hydrogen-bond acceptors (Lipinski definition) is 1. The van der Waals surface area contributed by atoms with Crippen molar-refractivity contribution < 1.29 is 0 Å². The summed E-state index contributed by atoms with van der Waals surface area (Å²) in [6, 6.07) is 7.23. The molecule has 0 bridgehead atoms. The maximum absolute atomic E-state index is 2.51. The molecule has 0 saturated heterocycles. The zero-order valence-electron chi connectivity index (χ0n) is 9.84. The van der Waals surface area contributed by atoms with Gasteiger partial charge in [0, 0.05) is 27.3 Å². The number of hydrogen-bond donors (Lipinski definition) is 0. The quantitative estimate of drug-likeness (QED) is 0.713. The Hall–Kier alpha value is -0.250. The van der Waals surface area contributed by atoms with Crippen LogP contribution in [-0.2, 0) is 5.41 Å². The first-order chi connectivity index (χ1) is 7.00. The van der Waals surface area contributed by atoms with Gasteiger partial charge in [0.1, 0.15) is 0 Å². The van der Waals surface area contributed by atoms with Crippen molar-refractivity contribution in [3.63, 3.8) is 0 Å². The fourth-order valence-electron chi connectivity index (χ4n) is 2.64. The van der Waals surface area contributed by atoms with Gasteiger partial charge in [0.15, 0.2) is 0 Å². The number of fused-ring (bicyclic) bond motifs is 1. The van der Waals surface area contributed by atoms with Gasteiger partial charge in [0.25, 0.3) is 0 Å². The highest BCUT2D eigenvalue weighted by atomic mass is 127. The van der Waals surface area contributed by atoms with Crippen LogP contribution in [0, 0.1) is 3.57 Å². The molecule has 1 aliphatic rings. The SMILES string of the molecule is CCN1c2cccc(I)c2C(C)(C)C1C. The molecule has 2 rings (SSSR count). The largest absolute Gasteiger partial charge is 0.368 e. The lowest BCUT2D eigenvalue weighted by Crippen LogP contribution is -2.38. The second kappa shape index (κ2) is 3.65. The van der Waals surface area contributed by atoms with Crippen LogP contribution in [0.3, 0.4) is 0 Å². The molecule has 0 saturated carbocycles. The maximum atomic E-state index is 2.51. The topological polar surface area (TPSA) is 3.24 Å². The molecular formula is C13H18IN. The molecule has 1 aromatic carbocycles. The number of likely N-dealkylation sites (N-methyl/N-ethyl adjacent to an activating group) is 1. The van der Waals surface area contributed by atoms with E-state index in [4.69, 9.17) is 0 Å². The van der Waals surface area contributed by atoms with Crippen molar-refractivity contribution in [3.05, 3.63) is 27.3 Å². The van der Waals surface area contributed by atoms with Crippen molar-refractivity contribution in [1.82, 2.24) is 0 Å². The molecule has 82 valence electrons. The van der Waals surface area contributed by atoms with E-state index in [1.807, 2.05) is 0 Å². The summed E-state index contributed by atoms with van der Waals surface area (Å²) in [4.78, 5) is 2.51. The first-order valence-electron chi connectivity index (χ1n) is 5.55. The Kier molecular flexibility index (Phi) is 2.73. The fourth-order valence-corrected chi connectivity index (χ4v) is 3.82. The van der Waals surface area contributed by atoms with Gasteiger partial charge in [-0.05, 0) is 54.1 Å². The Morgan fingerprint density at radius 3 is 2.67 bits per heavy atom. The van der Waals surface area contributed by atoms with Gasteiger partial charge >= 0.3 is 0 Å². The minimum absolute atomic E-state index is 0.267. The van der Waals surface area contributed by atoms with E-state index < -0.39 is 0 Å². The van der Waals surface area contributed by atoms with Crippen molar-refractivity contribution in [1.29, 1.82) is 0 Å². The van der Waals surface area contributed by atoms with Gasteiger partial charge in [-0.2, -0.15) is 0 Å². The number of halogens is 1. The first kappa shape index (κ1) is 11.2. The standard InChI is InChI=1S/C13H18IN/c1-5-15-9(2)13(3,4)12-10(14)7-6-8-11(12)15/h6-9H,5H2,1-4H3. The maximum Gasteiger partial charge on any atom is 0.0418 e. The lowest BCUT2D eigenvalue weighted by molar-refractivity contribution is 0.443. The van der Waals surface area contributed by atoms with Crippen LogP contribution < -0.4 is 4.90 Å². The van der Waals surface area contributed by atoms with Crippen molar-refractivity contribution in [2.45, 2.75) is 39.2 Å². The normalized spacial score (nSPS) is 23.0. The van der Waals surface area contributed by atoms with Crippen LogP contribution in [0.25, 0.3) is 0 Å². The van der Waals surface area contributed by atoms with Crippen LogP contribution in [0.15, 0.2) is 18.2 Å². The average Bonchev–Trinajstić information content (AvgIpc) is 2.36. The van der Waals surface area contributed by atoms with Gasteiger partial charge in [0.05, 0.1) is 0 Å². The monoisotopic (exact) mass is 315 g/mol. The molecule has 0 amide bonds. The van der Waals surface area contributed by atoms with Crippen molar-refractivity contribution >= 4 is 28.3 Å². The summed E-state index contributed by atoms with van der Waals surface area (Å²) in [5.74, 6) is 0. The molecule has 1 heterocycles. The van der Waals surface area contributed by atoms with Crippen molar-refractivity contribution in [2.24, 2.45) is 0 Å². The molecule has 0 fully saturated rings. The summed E-state index contributed by atoms with van der Waals surface area (Å²) in [6.45, 7) is 10.4. The molecule has 1 aromatic rings. The highest BCUT2D eigenvalue weighted by molar-refractivity contribution is 14.1. The highest BCUT2D eigenvalue weighted by Crippen LogP contribution is 2.46. The van der Waals surface area contributed by atoms with E-state index in [-0.39, 0.29) is 5.41 Å². The second-order valence-electron chi connectivity index (χ2n) is 4.82. The molecule has 2 heteroatoms. The molecule has 0 aromatic heterocycles. The van der Waals surface area contributed by atoms with E-state index in [1.54, 1.807) is 0 Å². The molecule has 0 N–H and O–H groups in total. The average molecular weight is 315 g/mol. The van der Waals surface area contributed by atoms with Crippen LogP contribution in [0.5, 0.6) is 0 Å². The van der Waals surface area contributed by atoms with Gasteiger partial charge in [-0.1, -0.05) is 19.9 Å². The summed E-state index contributed by atoms with van der Waals surface area (Å²) in [7, 11) is 0. The van der Waals surface area contributed by atoms with Gasteiger partial charge in [-0.25, -0.2) is 0 Å². The Morgan fingerprint density at radius 1 is 1.40 bits per heavy atom. The molecular weight excluding hydrogens is 297 g/mol. The molecule has 15 heavy (non-hydrogen) atoms. The Bertz CT molecular complexity index is 384. The summed E-state index contributed by atoms with van der Waals surface area (Å²) >= 11 is 2.46. The van der Waals surface area contributed by atoms with E-state index in [0.29, 0.717) is 6.04 Å². The zero-order chi connectivity index (χ0) is 11.2. The number of benzene rings is 1. The van der Waals surface area contributed by atoms with Crippen LogP contribution in [0.1, 0.15) is 33.3 Å². The summed E-state index contributed by atoms with van der Waals surface area (Å²) < 4.78 is 1.40. The molecule has 1 aliphatic heterocycles. The Labute approximate surface area is 106 Å². The Balaban J connectivity index is 2.65. The third kappa shape index (κ3) is 1.49. The minimum atomic E-state index is 0.267. The van der Waals surface area contributed by atoms with Crippen LogP contribution in [0.4, 0.5) is 5.69 Å². The molecule has 1 nitrogen and oxygen atoms in total. The second-order valence-corrected chi connectivity index (χ2v) is 5.98. The lowest BCUT2D eigenvalue weighted by Gasteiger charge is -2.30. The molecule has 0 spiro atoms. The predicted molar refractivity (Wildman–Crippen MR) is 74.7 cm³/mol. The predicted octanol–water partition coefficient (Wildman–Crippen LogP) is 3.80. The smallest absolute Gasteiger partial charge is 0.0418 e. The summed E-state index contributed by atoms with van der Waals surface area (Å²) in [5, 5.41) is 0. The van der Waals surface area contributed by atoms with Crippen LogP contribution >= 0.6 is 22.6 Å². The summed E-state index contributed by atoms with van der Waals surface area (Å²) in [5.41, 5.74) is 3.23.